The van der Waals surface area contributed by atoms with Crippen molar-refractivity contribution in [2.45, 2.75) is 6.10 Å². The molecule has 1 atom stereocenters. The number of para-hydroxylation sites is 1. The van der Waals surface area contributed by atoms with Gasteiger partial charge in [0.15, 0.2) is 0 Å². The first kappa shape index (κ1) is 18.8. The number of benzene rings is 3. The van der Waals surface area contributed by atoms with E-state index in [9.17, 15) is 5.11 Å². The average molecular weight is 365 g/mol. The summed E-state index contributed by atoms with van der Waals surface area (Å²) in [4.78, 5) is 2.13. The molecule has 0 radical (unpaired) electrons. The third-order valence-electron chi connectivity index (χ3n) is 4.09. The molecule has 0 amide bonds. The first-order chi connectivity index (χ1) is 13.2. The SMILES string of the molecule is COc1ccc(N(c2ccccc2)c2ccc(OCC(O)CO)cc2)cc1. The van der Waals surface area contributed by atoms with Crippen LogP contribution in [0.2, 0.25) is 0 Å². The molecule has 0 saturated heterocycles. The lowest BCUT2D eigenvalue weighted by atomic mass is 10.2. The summed E-state index contributed by atoms with van der Waals surface area (Å²) < 4.78 is 10.7. The number of anilines is 3. The standard InChI is InChI=1S/C22H23NO4/c1-26-21-11-7-18(8-12-21)23(17-5-3-2-4-6-17)19-9-13-22(14-10-19)27-16-20(25)15-24/h2-14,20,24-25H,15-16H2,1H3. The monoisotopic (exact) mass is 365 g/mol. The molecule has 3 aromatic carbocycles. The molecule has 1 unspecified atom stereocenters. The fourth-order valence-corrected chi connectivity index (χ4v) is 2.69. The van der Waals surface area contributed by atoms with E-state index < -0.39 is 6.10 Å². The number of aliphatic hydroxyl groups is 2. The minimum absolute atomic E-state index is 0.0523. The summed E-state index contributed by atoms with van der Waals surface area (Å²) in [6.45, 7) is -0.270. The van der Waals surface area contributed by atoms with E-state index in [0.717, 1.165) is 22.8 Å². The Morgan fingerprint density at radius 1 is 0.778 bits per heavy atom. The third-order valence-corrected chi connectivity index (χ3v) is 4.09. The van der Waals surface area contributed by atoms with Gasteiger partial charge in [-0.15, -0.1) is 0 Å². The molecule has 3 aromatic rings. The Hall–Kier alpha value is -3.02. The molecule has 0 aliphatic carbocycles. The van der Waals surface area contributed by atoms with Crippen molar-refractivity contribution in [1.82, 2.24) is 0 Å². The molecule has 0 heterocycles. The molecule has 0 fully saturated rings. The Morgan fingerprint density at radius 2 is 1.30 bits per heavy atom. The van der Waals surface area contributed by atoms with Gasteiger partial charge in [0.1, 0.15) is 24.2 Å². The molecule has 5 heteroatoms. The van der Waals surface area contributed by atoms with Crippen LogP contribution in [0, 0.1) is 0 Å². The highest BCUT2D eigenvalue weighted by atomic mass is 16.5. The van der Waals surface area contributed by atoms with E-state index in [-0.39, 0.29) is 13.2 Å². The summed E-state index contributed by atoms with van der Waals surface area (Å²) in [5.41, 5.74) is 3.01. The van der Waals surface area contributed by atoms with Crippen LogP contribution >= 0.6 is 0 Å². The van der Waals surface area contributed by atoms with Gasteiger partial charge in [-0.05, 0) is 60.7 Å². The molecule has 0 aliphatic heterocycles. The van der Waals surface area contributed by atoms with Crippen LogP contribution in [0.5, 0.6) is 11.5 Å². The summed E-state index contributed by atoms with van der Waals surface area (Å²) in [5, 5.41) is 18.3. The van der Waals surface area contributed by atoms with Crippen molar-refractivity contribution >= 4 is 17.1 Å². The molecule has 0 saturated carbocycles. The van der Waals surface area contributed by atoms with E-state index in [1.807, 2.05) is 78.9 Å². The lowest BCUT2D eigenvalue weighted by Gasteiger charge is -2.25. The average Bonchev–Trinajstić information content (AvgIpc) is 2.74. The van der Waals surface area contributed by atoms with E-state index in [1.165, 1.54) is 0 Å². The number of nitrogens with zero attached hydrogens (tertiary/aromatic N) is 1. The van der Waals surface area contributed by atoms with Gasteiger partial charge < -0.3 is 24.6 Å². The molecule has 27 heavy (non-hydrogen) atoms. The molecule has 5 nitrogen and oxygen atoms in total. The predicted octanol–water partition coefficient (Wildman–Crippen LogP) is 3.90. The predicted molar refractivity (Wildman–Crippen MR) is 106 cm³/mol. The highest BCUT2D eigenvalue weighted by Gasteiger charge is 2.12. The van der Waals surface area contributed by atoms with E-state index in [1.54, 1.807) is 7.11 Å². The minimum Gasteiger partial charge on any atom is -0.497 e. The quantitative estimate of drug-likeness (QED) is 0.634. The zero-order chi connectivity index (χ0) is 19.1. The molecular formula is C22H23NO4. The first-order valence-electron chi connectivity index (χ1n) is 8.72. The normalized spacial score (nSPS) is 11.7. The van der Waals surface area contributed by atoms with Gasteiger partial charge in [-0.1, -0.05) is 18.2 Å². The Kier molecular flexibility index (Phi) is 6.30. The minimum atomic E-state index is -0.884. The Labute approximate surface area is 159 Å². The molecule has 0 aliphatic rings. The fraction of sp³-hybridized carbons (Fsp3) is 0.182. The molecule has 0 spiro atoms. The number of hydrogen-bond donors (Lipinski definition) is 2. The van der Waals surface area contributed by atoms with Crippen LogP contribution in [0.1, 0.15) is 0 Å². The number of methoxy groups -OCH3 is 1. The molecule has 3 rings (SSSR count). The first-order valence-corrected chi connectivity index (χ1v) is 8.72. The smallest absolute Gasteiger partial charge is 0.119 e. The highest BCUT2D eigenvalue weighted by Crippen LogP contribution is 2.35. The summed E-state index contributed by atoms with van der Waals surface area (Å²) >= 11 is 0. The number of rotatable bonds is 8. The third kappa shape index (κ3) is 4.78. The summed E-state index contributed by atoms with van der Waals surface area (Å²) in [5.74, 6) is 1.44. The second-order valence-electron chi connectivity index (χ2n) is 6.01. The maximum Gasteiger partial charge on any atom is 0.119 e. The van der Waals surface area contributed by atoms with E-state index in [0.29, 0.717) is 5.75 Å². The number of hydrogen-bond acceptors (Lipinski definition) is 5. The van der Waals surface area contributed by atoms with Gasteiger partial charge in [0.05, 0.1) is 13.7 Å². The Balaban J connectivity index is 1.88. The van der Waals surface area contributed by atoms with Crippen LogP contribution in [0.15, 0.2) is 78.9 Å². The van der Waals surface area contributed by atoms with E-state index >= 15 is 0 Å². The number of ether oxygens (including phenoxy) is 2. The maximum atomic E-state index is 9.41. The van der Waals surface area contributed by atoms with Crippen molar-refractivity contribution < 1.29 is 19.7 Å². The van der Waals surface area contributed by atoms with Crippen LogP contribution in [0.4, 0.5) is 17.1 Å². The van der Waals surface area contributed by atoms with Crippen molar-refractivity contribution in [3.05, 3.63) is 78.9 Å². The van der Waals surface area contributed by atoms with Crippen LogP contribution < -0.4 is 14.4 Å². The zero-order valence-electron chi connectivity index (χ0n) is 15.2. The zero-order valence-corrected chi connectivity index (χ0v) is 15.2. The molecule has 2 N–H and O–H groups in total. The molecule has 0 aromatic heterocycles. The summed E-state index contributed by atoms with van der Waals surface area (Å²) in [7, 11) is 1.65. The lowest BCUT2D eigenvalue weighted by Crippen LogP contribution is -2.21. The van der Waals surface area contributed by atoms with Crippen LogP contribution in [-0.2, 0) is 0 Å². The van der Waals surface area contributed by atoms with Crippen molar-refractivity contribution in [2.24, 2.45) is 0 Å². The van der Waals surface area contributed by atoms with E-state index in [2.05, 4.69) is 4.90 Å². The van der Waals surface area contributed by atoms with Gasteiger partial charge in [0.25, 0.3) is 0 Å². The fourth-order valence-electron chi connectivity index (χ4n) is 2.69. The second kappa shape index (κ2) is 9.07. The van der Waals surface area contributed by atoms with Gasteiger partial charge in [0.2, 0.25) is 0 Å². The summed E-state index contributed by atoms with van der Waals surface area (Å²) in [6.07, 6.45) is -0.884. The molecule has 140 valence electrons. The number of aliphatic hydroxyl groups excluding tert-OH is 2. The van der Waals surface area contributed by atoms with Crippen LogP contribution in [0.25, 0.3) is 0 Å². The molecular weight excluding hydrogens is 342 g/mol. The lowest BCUT2D eigenvalue weighted by molar-refractivity contribution is 0.0536. The highest BCUT2D eigenvalue weighted by molar-refractivity contribution is 5.76. The second-order valence-corrected chi connectivity index (χ2v) is 6.01. The largest absolute Gasteiger partial charge is 0.497 e. The maximum absolute atomic E-state index is 9.41. The van der Waals surface area contributed by atoms with Crippen molar-refractivity contribution in [2.75, 3.05) is 25.2 Å². The Bertz CT molecular complexity index is 819. The summed E-state index contributed by atoms with van der Waals surface area (Å²) in [6, 6.07) is 25.6. The van der Waals surface area contributed by atoms with Crippen molar-refractivity contribution in [3.63, 3.8) is 0 Å². The topological polar surface area (TPSA) is 62.2 Å². The molecule has 0 bridgehead atoms. The van der Waals surface area contributed by atoms with Crippen LogP contribution in [0.3, 0.4) is 0 Å². The van der Waals surface area contributed by atoms with Crippen LogP contribution in [-0.4, -0.2) is 36.6 Å². The van der Waals surface area contributed by atoms with Gasteiger partial charge >= 0.3 is 0 Å². The van der Waals surface area contributed by atoms with Crippen molar-refractivity contribution in [3.8, 4) is 11.5 Å². The van der Waals surface area contributed by atoms with Gasteiger partial charge in [-0.2, -0.15) is 0 Å². The van der Waals surface area contributed by atoms with Crippen molar-refractivity contribution in [1.29, 1.82) is 0 Å². The van der Waals surface area contributed by atoms with Gasteiger partial charge in [-0.25, -0.2) is 0 Å². The van der Waals surface area contributed by atoms with Gasteiger partial charge in [0, 0.05) is 17.1 Å². The van der Waals surface area contributed by atoms with E-state index in [4.69, 9.17) is 14.6 Å². The Morgan fingerprint density at radius 3 is 1.81 bits per heavy atom. The van der Waals surface area contributed by atoms with Gasteiger partial charge in [-0.3, -0.25) is 0 Å².